The molecule has 140 valence electrons. The molecule has 2 aliphatic rings. The summed E-state index contributed by atoms with van der Waals surface area (Å²) in [5.74, 6) is 0.748. The summed E-state index contributed by atoms with van der Waals surface area (Å²) < 4.78 is 0. The van der Waals surface area contributed by atoms with Gasteiger partial charge in [-0.15, -0.1) is 0 Å². The van der Waals surface area contributed by atoms with Gasteiger partial charge < -0.3 is 15.5 Å². The van der Waals surface area contributed by atoms with E-state index < -0.39 is 17.1 Å². The normalized spacial score (nSPS) is 27.5. The molecular weight excluding hydrogens is 336 g/mol. The summed E-state index contributed by atoms with van der Waals surface area (Å²) in [7, 11) is 0. The van der Waals surface area contributed by atoms with Crippen LogP contribution in [0, 0.1) is 27.4 Å². The fraction of sp³-hybridized carbons (Fsp3) is 0.526. The van der Waals surface area contributed by atoms with Crippen LogP contribution in [0.15, 0.2) is 35.5 Å². The van der Waals surface area contributed by atoms with Gasteiger partial charge in [-0.2, -0.15) is 0 Å². The molecule has 3 rings (SSSR count). The Morgan fingerprint density at radius 2 is 2.00 bits per heavy atom. The zero-order valence-corrected chi connectivity index (χ0v) is 15.1. The zero-order chi connectivity index (χ0) is 19.2. The highest BCUT2D eigenvalue weighted by Crippen LogP contribution is 2.68. The van der Waals surface area contributed by atoms with Crippen molar-refractivity contribution < 1.29 is 19.9 Å². The van der Waals surface area contributed by atoms with Crippen molar-refractivity contribution in [1.82, 2.24) is 5.32 Å². The Labute approximate surface area is 151 Å². The number of nitrogens with zero attached hydrogens (tertiary/aromatic N) is 1. The fourth-order valence-electron chi connectivity index (χ4n) is 4.23. The SMILES string of the molecule is C/C(N[C@@H](CO)[C@@H](O)c1ccc([N+](=O)[O-])cc1)=C1/C(=O)C[C@@H]2[C@H]1C2(C)C. The molecule has 3 N–H and O–H groups in total. The summed E-state index contributed by atoms with van der Waals surface area (Å²) in [5.41, 5.74) is 1.98. The lowest BCUT2D eigenvalue weighted by atomic mass is 9.94. The maximum absolute atomic E-state index is 12.3. The fourth-order valence-corrected chi connectivity index (χ4v) is 4.23. The number of ketones is 1. The van der Waals surface area contributed by atoms with E-state index in [9.17, 15) is 25.1 Å². The number of non-ortho nitro benzene ring substituents is 1. The monoisotopic (exact) mass is 360 g/mol. The molecule has 0 radical (unpaired) electrons. The quantitative estimate of drug-likeness (QED) is 0.407. The van der Waals surface area contributed by atoms with Crippen LogP contribution in [0.5, 0.6) is 0 Å². The number of Topliss-reactive ketones (excluding diaryl/α,β-unsaturated/α-hetero) is 1. The van der Waals surface area contributed by atoms with Crippen molar-refractivity contribution in [2.75, 3.05) is 6.61 Å². The number of nitro groups is 1. The van der Waals surface area contributed by atoms with E-state index in [1.807, 2.05) is 0 Å². The number of hydrogen-bond acceptors (Lipinski definition) is 6. The Hall–Kier alpha value is -2.25. The van der Waals surface area contributed by atoms with Gasteiger partial charge in [-0.1, -0.05) is 13.8 Å². The largest absolute Gasteiger partial charge is 0.394 e. The number of benzene rings is 1. The Balaban J connectivity index is 1.77. The van der Waals surface area contributed by atoms with Gasteiger partial charge in [0, 0.05) is 29.8 Å². The van der Waals surface area contributed by atoms with Gasteiger partial charge in [0.1, 0.15) is 6.10 Å². The Kier molecular flexibility index (Phi) is 4.62. The summed E-state index contributed by atoms with van der Waals surface area (Å²) in [6.07, 6.45) is -0.503. The first-order chi connectivity index (χ1) is 12.2. The molecule has 7 nitrogen and oxygen atoms in total. The van der Waals surface area contributed by atoms with Crippen LogP contribution < -0.4 is 5.32 Å². The number of nitro benzene ring substituents is 1. The highest BCUT2D eigenvalue weighted by Gasteiger charge is 2.65. The topological polar surface area (TPSA) is 113 Å². The molecule has 26 heavy (non-hydrogen) atoms. The first-order valence-corrected chi connectivity index (χ1v) is 8.72. The molecule has 1 aromatic rings. The highest BCUT2D eigenvalue weighted by molar-refractivity contribution is 6.01. The van der Waals surface area contributed by atoms with Gasteiger partial charge in [-0.3, -0.25) is 14.9 Å². The molecule has 0 bridgehead atoms. The van der Waals surface area contributed by atoms with Gasteiger partial charge in [0.05, 0.1) is 17.6 Å². The molecule has 0 spiro atoms. The van der Waals surface area contributed by atoms with Gasteiger partial charge in [-0.05, 0) is 41.9 Å². The van der Waals surface area contributed by atoms with Crippen LogP contribution in [0.2, 0.25) is 0 Å². The van der Waals surface area contributed by atoms with Crippen LogP contribution in [-0.2, 0) is 4.79 Å². The number of fused-ring (bicyclic) bond motifs is 1. The van der Waals surface area contributed by atoms with Crippen LogP contribution in [0.4, 0.5) is 5.69 Å². The number of aliphatic hydroxyl groups is 2. The maximum Gasteiger partial charge on any atom is 0.269 e. The molecule has 0 heterocycles. The molecule has 0 aliphatic heterocycles. The van der Waals surface area contributed by atoms with Gasteiger partial charge in [0.25, 0.3) is 5.69 Å². The summed E-state index contributed by atoms with van der Waals surface area (Å²) >= 11 is 0. The molecule has 0 saturated heterocycles. The number of carbonyl (C=O) groups excluding carboxylic acids is 1. The van der Waals surface area contributed by atoms with E-state index in [4.69, 9.17) is 0 Å². The minimum Gasteiger partial charge on any atom is -0.394 e. The summed E-state index contributed by atoms with van der Waals surface area (Å²) in [5, 5.41) is 34.1. The zero-order valence-electron chi connectivity index (χ0n) is 15.1. The van der Waals surface area contributed by atoms with Crippen molar-refractivity contribution in [3.05, 3.63) is 51.2 Å². The molecular formula is C19H24N2O5. The number of carbonyl (C=O) groups is 1. The maximum atomic E-state index is 12.3. The average molecular weight is 360 g/mol. The second-order valence-electron chi connectivity index (χ2n) is 7.80. The van der Waals surface area contributed by atoms with Crippen molar-refractivity contribution in [3.8, 4) is 0 Å². The van der Waals surface area contributed by atoms with Crippen molar-refractivity contribution in [2.45, 2.75) is 39.3 Å². The van der Waals surface area contributed by atoms with Crippen molar-refractivity contribution >= 4 is 11.5 Å². The smallest absolute Gasteiger partial charge is 0.269 e. The molecule has 4 atom stereocenters. The molecule has 0 aromatic heterocycles. The van der Waals surface area contributed by atoms with Gasteiger partial charge in [0.2, 0.25) is 0 Å². The third kappa shape index (κ3) is 3.01. The third-order valence-corrected chi connectivity index (χ3v) is 5.90. The summed E-state index contributed by atoms with van der Waals surface area (Å²) in [6.45, 7) is 5.76. The van der Waals surface area contributed by atoms with E-state index >= 15 is 0 Å². The highest BCUT2D eigenvalue weighted by atomic mass is 16.6. The molecule has 2 aliphatic carbocycles. The minimum absolute atomic E-state index is 0.0636. The first kappa shape index (κ1) is 18.5. The summed E-state index contributed by atoms with van der Waals surface area (Å²) in [6, 6.07) is 4.86. The minimum atomic E-state index is -1.06. The number of nitrogens with one attached hydrogen (secondary N) is 1. The molecule has 1 aromatic carbocycles. The number of rotatable bonds is 6. The van der Waals surface area contributed by atoms with E-state index in [2.05, 4.69) is 19.2 Å². The van der Waals surface area contributed by atoms with Gasteiger partial charge in [-0.25, -0.2) is 0 Å². The van der Waals surface area contributed by atoms with Crippen LogP contribution in [0.1, 0.15) is 38.9 Å². The van der Waals surface area contributed by atoms with E-state index in [-0.39, 0.29) is 29.4 Å². The van der Waals surface area contributed by atoms with E-state index in [1.165, 1.54) is 24.3 Å². The Morgan fingerprint density at radius 1 is 1.38 bits per heavy atom. The molecule has 2 fully saturated rings. The second kappa shape index (κ2) is 6.48. The lowest BCUT2D eigenvalue weighted by molar-refractivity contribution is -0.384. The van der Waals surface area contributed by atoms with E-state index in [0.717, 1.165) is 5.57 Å². The lowest BCUT2D eigenvalue weighted by Crippen LogP contribution is -2.38. The second-order valence-corrected chi connectivity index (χ2v) is 7.80. The number of hydrogen-bond donors (Lipinski definition) is 3. The predicted molar refractivity (Wildman–Crippen MR) is 95.2 cm³/mol. The number of allylic oxidation sites excluding steroid dienone is 2. The van der Waals surface area contributed by atoms with E-state index in [1.54, 1.807) is 6.92 Å². The predicted octanol–water partition coefficient (Wildman–Crippen LogP) is 2.10. The molecule has 7 heteroatoms. The van der Waals surface area contributed by atoms with Crippen molar-refractivity contribution in [2.24, 2.45) is 17.3 Å². The Bertz CT molecular complexity index is 769. The molecule has 0 unspecified atom stereocenters. The summed E-state index contributed by atoms with van der Waals surface area (Å²) in [4.78, 5) is 22.5. The van der Waals surface area contributed by atoms with Crippen LogP contribution >= 0.6 is 0 Å². The standard InChI is InChI=1S/C19H24N2O5/c1-10(16-15(23)8-13-17(16)19(13,2)3)20-14(9-22)18(24)11-4-6-12(7-5-11)21(25)26/h4-7,13-14,17-18,20,22,24H,8-9H2,1-3H3/b16-10+/t13-,14+,17-,18+/m1/s1. The van der Waals surface area contributed by atoms with Gasteiger partial charge >= 0.3 is 0 Å². The lowest BCUT2D eigenvalue weighted by Gasteiger charge is -2.25. The molecule has 0 amide bonds. The van der Waals surface area contributed by atoms with Crippen molar-refractivity contribution in [1.29, 1.82) is 0 Å². The van der Waals surface area contributed by atoms with E-state index in [0.29, 0.717) is 23.6 Å². The molecule has 2 saturated carbocycles. The Morgan fingerprint density at radius 3 is 2.50 bits per heavy atom. The van der Waals surface area contributed by atoms with Gasteiger partial charge in [0.15, 0.2) is 5.78 Å². The van der Waals surface area contributed by atoms with Crippen LogP contribution in [-0.4, -0.2) is 33.6 Å². The van der Waals surface area contributed by atoms with Crippen molar-refractivity contribution in [3.63, 3.8) is 0 Å². The average Bonchev–Trinajstić information content (AvgIpc) is 2.94. The van der Waals surface area contributed by atoms with Crippen LogP contribution in [0.25, 0.3) is 0 Å². The first-order valence-electron chi connectivity index (χ1n) is 8.72. The van der Waals surface area contributed by atoms with Crippen LogP contribution in [0.3, 0.4) is 0 Å². The third-order valence-electron chi connectivity index (χ3n) is 5.90. The number of aliphatic hydroxyl groups excluding tert-OH is 2.